The number of rotatable bonds is 3. The molecular weight excluding hydrogens is 194 g/mol. The van der Waals surface area contributed by atoms with Crippen molar-refractivity contribution in [1.29, 1.82) is 0 Å². The molecular formula is C15H21N. The van der Waals surface area contributed by atoms with Gasteiger partial charge in [0.25, 0.3) is 0 Å². The van der Waals surface area contributed by atoms with Crippen LogP contribution in [0.4, 0.5) is 0 Å². The Kier molecular flexibility index (Phi) is 4.05. The SMILES string of the molecule is C=CC1CC(/C(C)=C(\C)N=C)=C(C)C=C1C. The monoisotopic (exact) mass is 215 g/mol. The highest BCUT2D eigenvalue weighted by Crippen LogP contribution is 2.34. The topological polar surface area (TPSA) is 12.4 Å². The molecule has 0 aromatic rings. The lowest BCUT2D eigenvalue weighted by Crippen LogP contribution is -2.08. The van der Waals surface area contributed by atoms with E-state index in [0.717, 1.165) is 12.1 Å². The first-order valence-corrected chi connectivity index (χ1v) is 5.66. The number of allylic oxidation sites excluding steroid dienone is 7. The average Bonchev–Trinajstić information content (AvgIpc) is 2.27. The second-order valence-corrected chi connectivity index (χ2v) is 4.46. The fourth-order valence-electron chi connectivity index (χ4n) is 2.13. The van der Waals surface area contributed by atoms with Crippen molar-refractivity contribution in [3.05, 3.63) is 46.7 Å². The van der Waals surface area contributed by atoms with Crippen LogP contribution in [0.3, 0.4) is 0 Å². The molecule has 0 amide bonds. The highest BCUT2D eigenvalue weighted by Gasteiger charge is 2.18. The van der Waals surface area contributed by atoms with Gasteiger partial charge in [-0.3, -0.25) is 4.99 Å². The third-order valence-corrected chi connectivity index (χ3v) is 3.45. The summed E-state index contributed by atoms with van der Waals surface area (Å²) in [6, 6.07) is 0. The van der Waals surface area contributed by atoms with Crippen molar-refractivity contribution in [2.45, 2.75) is 34.1 Å². The molecule has 1 atom stereocenters. The Morgan fingerprint density at radius 2 is 2.06 bits per heavy atom. The lowest BCUT2D eigenvalue weighted by molar-refractivity contribution is 0.728. The summed E-state index contributed by atoms with van der Waals surface area (Å²) in [5, 5.41) is 0. The summed E-state index contributed by atoms with van der Waals surface area (Å²) in [7, 11) is 0. The van der Waals surface area contributed by atoms with Crippen LogP contribution < -0.4 is 0 Å². The van der Waals surface area contributed by atoms with Crippen molar-refractivity contribution in [3.63, 3.8) is 0 Å². The van der Waals surface area contributed by atoms with Gasteiger partial charge in [0.2, 0.25) is 0 Å². The van der Waals surface area contributed by atoms with Crippen molar-refractivity contribution < 1.29 is 0 Å². The first kappa shape index (κ1) is 12.7. The van der Waals surface area contributed by atoms with Gasteiger partial charge in [0.1, 0.15) is 0 Å². The second-order valence-electron chi connectivity index (χ2n) is 4.46. The molecule has 86 valence electrons. The van der Waals surface area contributed by atoms with Gasteiger partial charge >= 0.3 is 0 Å². The van der Waals surface area contributed by atoms with E-state index in [-0.39, 0.29) is 0 Å². The van der Waals surface area contributed by atoms with Gasteiger partial charge in [-0.05, 0) is 57.6 Å². The quantitative estimate of drug-likeness (QED) is 0.487. The Hall–Kier alpha value is -1.37. The summed E-state index contributed by atoms with van der Waals surface area (Å²) >= 11 is 0. The summed E-state index contributed by atoms with van der Waals surface area (Å²) < 4.78 is 0. The van der Waals surface area contributed by atoms with Gasteiger partial charge in [-0.15, -0.1) is 6.58 Å². The Morgan fingerprint density at radius 3 is 2.56 bits per heavy atom. The molecule has 0 N–H and O–H groups in total. The van der Waals surface area contributed by atoms with Gasteiger partial charge < -0.3 is 0 Å². The van der Waals surface area contributed by atoms with Crippen molar-refractivity contribution in [1.82, 2.24) is 0 Å². The zero-order valence-electron chi connectivity index (χ0n) is 10.8. The highest BCUT2D eigenvalue weighted by molar-refractivity contribution is 5.46. The zero-order valence-corrected chi connectivity index (χ0v) is 10.8. The van der Waals surface area contributed by atoms with E-state index in [2.05, 4.69) is 45.1 Å². The van der Waals surface area contributed by atoms with Crippen LogP contribution >= 0.6 is 0 Å². The molecule has 1 unspecified atom stereocenters. The van der Waals surface area contributed by atoms with Crippen LogP contribution in [0.25, 0.3) is 0 Å². The molecule has 16 heavy (non-hydrogen) atoms. The molecule has 0 aromatic heterocycles. The molecule has 1 aliphatic carbocycles. The van der Waals surface area contributed by atoms with E-state index in [4.69, 9.17) is 0 Å². The molecule has 0 heterocycles. The fourth-order valence-corrected chi connectivity index (χ4v) is 2.13. The third-order valence-electron chi connectivity index (χ3n) is 3.45. The van der Waals surface area contributed by atoms with Crippen LogP contribution in [0.1, 0.15) is 34.1 Å². The number of nitrogens with zero attached hydrogens (tertiary/aromatic N) is 1. The number of aliphatic imine (C=N–C) groups is 1. The first-order valence-electron chi connectivity index (χ1n) is 5.66. The molecule has 0 saturated carbocycles. The molecule has 0 aromatic carbocycles. The van der Waals surface area contributed by atoms with Crippen LogP contribution in [-0.4, -0.2) is 6.72 Å². The highest BCUT2D eigenvalue weighted by atomic mass is 14.7. The van der Waals surface area contributed by atoms with E-state index >= 15 is 0 Å². The van der Waals surface area contributed by atoms with E-state index < -0.39 is 0 Å². The van der Waals surface area contributed by atoms with Crippen molar-refractivity contribution >= 4 is 6.72 Å². The van der Waals surface area contributed by atoms with Gasteiger partial charge in [0, 0.05) is 11.6 Å². The largest absolute Gasteiger partial charge is 0.269 e. The predicted octanol–water partition coefficient (Wildman–Crippen LogP) is 4.45. The lowest BCUT2D eigenvalue weighted by atomic mass is 9.81. The number of hydrogen-bond acceptors (Lipinski definition) is 1. The van der Waals surface area contributed by atoms with E-state index in [9.17, 15) is 0 Å². The Bertz CT molecular complexity index is 405. The maximum atomic E-state index is 4.02. The molecule has 1 aliphatic rings. The lowest BCUT2D eigenvalue weighted by Gasteiger charge is -2.24. The summed E-state index contributed by atoms with van der Waals surface area (Å²) in [5.74, 6) is 0.464. The van der Waals surface area contributed by atoms with Crippen molar-refractivity contribution in [2.75, 3.05) is 0 Å². The minimum Gasteiger partial charge on any atom is -0.269 e. The van der Waals surface area contributed by atoms with Gasteiger partial charge in [-0.2, -0.15) is 0 Å². The zero-order chi connectivity index (χ0) is 12.3. The molecule has 0 fully saturated rings. The molecule has 0 aliphatic heterocycles. The maximum absolute atomic E-state index is 4.02. The third kappa shape index (κ3) is 2.41. The van der Waals surface area contributed by atoms with E-state index in [1.807, 2.05) is 13.0 Å². The van der Waals surface area contributed by atoms with E-state index in [1.165, 1.54) is 22.3 Å². The summed E-state index contributed by atoms with van der Waals surface area (Å²) in [6.07, 6.45) is 5.32. The standard InChI is InChI=1S/C15H21N/c1-7-14-9-15(11(3)8-10(14)2)12(4)13(5)16-6/h7-8,14H,1,6,9H2,2-5H3/b13-12+. The molecule has 0 saturated heterocycles. The summed E-state index contributed by atoms with van der Waals surface area (Å²) in [5.41, 5.74) is 6.40. The van der Waals surface area contributed by atoms with Crippen molar-refractivity contribution in [2.24, 2.45) is 10.9 Å². The molecule has 1 heteroatoms. The maximum Gasteiger partial charge on any atom is 0.0397 e. The molecule has 0 spiro atoms. The van der Waals surface area contributed by atoms with E-state index in [0.29, 0.717) is 5.92 Å². The van der Waals surface area contributed by atoms with Crippen LogP contribution in [0.5, 0.6) is 0 Å². The normalized spacial score (nSPS) is 22.5. The number of hydrogen-bond donors (Lipinski definition) is 0. The minimum absolute atomic E-state index is 0.464. The average molecular weight is 215 g/mol. The van der Waals surface area contributed by atoms with Crippen LogP contribution in [0, 0.1) is 5.92 Å². The van der Waals surface area contributed by atoms with Crippen LogP contribution in [-0.2, 0) is 0 Å². The predicted molar refractivity (Wildman–Crippen MR) is 72.7 cm³/mol. The first-order chi connectivity index (χ1) is 7.51. The summed E-state index contributed by atoms with van der Waals surface area (Å²) in [4.78, 5) is 4.02. The van der Waals surface area contributed by atoms with Gasteiger partial charge in [-0.1, -0.05) is 17.7 Å². The fraction of sp³-hybridized carbons (Fsp3) is 0.400. The molecule has 1 rings (SSSR count). The molecule has 0 radical (unpaired) electrons. The Labute approximate surface area is 99.0 Å². The van der Waals surface area contributed by atoms with Crippen LogP contribution in [0.2, 0.25) is 0 Å². The van der Waals surface area contributed by atoms with Crippen LogP contribution in [0.15, 0.2) is 51.7 Å². The van der Waals surface area contributed by atoms with Gasteiger partial charge in [-0.25, -0.2) is 0 Å². The summed E-state index contributed by atoms with van der Waals surface area (Å²) in [6.45, 7) is 16.0. The Balaban J connectivity index is 3.19. The van der Waals surface area contributed by atoms with E-state index in [1.54, 1.807) is 0 Å². The molecule has 0 bridgehead atoms. The molecule has 1 nitrogen and oxygen atoms in total. The van der Waals surface area contributed by atoms with Crippen molar-refractivity contribution in [3.8, 4) is 0 Å². The van der Waals surface area contributed by atoms with Gasteiger partial charge in [0.15, 0.2) is 0 Å². The second kappa shape index (κ2) is 5.11. The smallest absolute Gasteiger partial charge is 0.0397 e. The van der Waals surface area contributed by atoms with Gasteiger partial charge in [0.05, 0.1) is 0 Å². The minimum atomic E-state index is 0.464. The Morgan fingerprint density at radius 1 is 1.44 bits per heavy atom.